The third-order valence-corrected chi connectivity index (χ3v) is 1.64. The van der Waals surface area contributed by atoms with E-state index in [0.717, 1.165) is 0 Å². The van der Waals surface area contributed by atoms with Crippen LogP contribution in [0.25, 0.3) is 0 Å². The Morgan fingerprint density at radius 1 is 1.38 bits per heavy atom. The summed E-state index contributed by atoms with van der Waals surface area (Å²) < 4.78 is 0. The van der Waals surface area contributed by atoms with Gasteiger partial charge < -0.3 is 4.81 Å². The topological polar surface area (TPSA) is 62.1 Å². The van der Waals surface area contributed by atoms with E-state index in [1.165, 1.54) is 12.4 Å². The Balaban J connectivity index is 2.61. The molecule has 5 nitrogen and oxygen atoms in total. The summed E-state index contributed by atoms with van der Waals surface area (Å²) in [5.74, 6) is 1.16. The molecule has 2 heterocycles. The van der Waals surface area contributed by atoms with Crippen molar-refractivity contribution >= 4 is 31.9 Å². The third-order valence-electron chi connectivity index (χ3n) is 1.64. The summed E-state index contributed by atoms with van der Waals surface area (Å²) in [6, 6.07) is 0. The zero-order valence-electron chi connectivity index (χ0n) is 6.39. The Labute approximate surface area is 74.6 Å². The fourth-order valence-electron chi connectivity index (χ4n) is 1.02. The molecule has 0 aromatic rings. The molecule has 0 aromatic heterocycles. The summed E-state index contributed by atoms with van der Waals surface area (Å²) in [5, 5.41) is 0. The van der Waals surface area contributed by atoms with E-state index in [4.69, 9.17) is 7.98 Å². The molecule has 6 heteroatoms. The lowest BCUT2D eigenvalue weighted by Crippen LogP contribution is -2.28. The number of amides is 2. The van der Waals surface area contributed by atoms with Crippen LogP contribution in [0.5, 0.6) is 0 Å². The average Bonchev–Trinajstić information content (AvgIpc) is 2.40. The Kier molecular flexibility index (Phi) is 1.50. The van der Waals surface area contributed by atoms with Crippen molar-refractivity contribution in [2.45, 2.75) is 0 Å². The Morgan fingerprint density at radius 3 is 2.92 bits per heavy atom. The number of imide groups is 1. The highest BCUT2D eigenvalue weighted by molar-refractivity contribution is 6.39. The van der Waals surface area contributed by atoms with Gasteiger partial charge in [-0.25, -0.2) is 0 Å². The lowest BCUT2D eigenvalue weighted by molar-refractivity contribution is -0.131. The van der Waals surface area contributed by atoms with E-state index in [-0.39, 0.29) is 11.3 Å². The number of carbonyl (C=O) groups excluding carboxylic acids is 2. The molecule has 13 heavy (non-hydrogen) atoms. The largest absolute Gasteiger partial charge is 0.331 e. The lowest BCUT2D eigenvalue weighted by Gasteiger charge is -2.04. The maximum absolute atomic E-state index is 11.2. The van der Waals surface area contributed by atoms with Gasteiger partial charge in [-0.1, -0.05) is 0 Å². The minimum absolute atomic E-state index is 0.00926. The molecule has 0 aromatic carbocycles. The molecule has 0 aliphatic carbocycles. The molecule has 0 atom stereocenters. The van der Waals surface area contributed by atoms with E-state index in [9.17, 15) is 9.59 Å². The lowest BCUT2D eigenvalue weighted by atomic mass is 10.2. The van der Waals surface area contributed by atoms with Crippen molar-refractivity contribution in [1.82, 2.24) is 4.81 Å². The summed E-state index contributed by atoms with van der Waals surface area (Å²) in [6.45, 7) is 0. The molecule has 2 aliphatic heterocycles. The summed E-state index contributed by atoms with van der Waals surface area (Å²) in [7, 11) is 5.17. The van der Waals surface area contributed by atoms with Crippen LogP contribution in [-0.4, -0.2) is 36.7 Å². The molecule has 60 valence electrons. The first-order valence-electron chi connectivity index (χ1n) is 3.40. The van der Waals surface area contributed by atoms with E-state index in [1.807, 2.05) is 0 Å². The standard InChI is InChI=1S/C7H2BN3O2/c8-11-6(12)4-3-9-1-2-10-5(4)7(11)13/h1,3H. The maximum atomic E-state index is 11.2. The summed E-state index contributed by atoms with van der Waals surface area (Å²) in [6.07, 6.45) is 2.51. The van der Waals surface area contributed by atoms with Crippen molar-refractivity contribution in [3.05, 3.63) is 17.5 Å². The third kappa shape index (κ3) is 0.964. The van der Waals surface area contributed by atoms with Gasteiger partial charge in [-0.2, -0.15) is 4.99 Å². The van der Waals surface area contributed by atoms with Crippen LogP contribution in [0, 0.1) is 0 Å². The van der Waals surface area contributed by atoms with E-state index in [2.05, 4.69) is 15.9 Å². The molecule has 2 amide bonds. The molecule has 0 bridgehead atoms. The molecule has 2 aliphatic rings. The summed E-state index contributed by atoms with van der Waals surface area (Å²) >= 11 is 0. The monoisotopic (exact) mass is 171 g/mol. The molecule has 0 spiro atoms. The van der Waals surface area contributed by atoms with Crippen LogP contribution in [0.1, 0.15) is 0 Å². The van der Waals surface area contributed by atoms with Crippen LogP contribution in [0.3, 0.4) is 0 Å². The molecular formula is C7H2BN3O2. The second-order valence-electron chi connectivity index (χ2n) is 2.39. The first-order chi connectivity index (χ1) is 6.22. The molecule has 0 saturated carbocycles. The SMILES string of the molecule is [B]N1C(=O)C2=C(N=C=CN=C2)C1=O. The van der Waals surface area contributed by atoms with Crippen LogP contribution < -0.4 is 0 Å². The molecule has 2 rings (SSSR count). The highest BCUT2D eigenvalue weighted by Crippen LogP contribution is 2.18. The fraction of sp³-hybridized carbons (Fsp3) is 0. The summed E-state index contributed by atoms with van der Waals surface area (Å²) in [5.41, 5.74) is 0.0961. The smallest absolute Gasteiger partial charge is 0.267 e. The minimum Gasteiger partial charge on any atom is -0.331 e. The highest BCUT2D eigenvalue weighted by atomic mass is 16.2. The van der Waals surface area contributed by atoms with Crippen LogP contribution in [0.4, 0.5) is 0 Å². The average molecular weight is 171 g/mol. The van der Waals surface area contributed by atoms with Crippen LogP contribution in [0.2, 0.25) is 0 Å². The van der Waals surface area contributed by atoms with Gasteiger partial charge >= 0.3 is 0 Å². The van der Waals surface area contributed by atoms with Crippen molar-refractivity contribution in [2.75, 3.05) is 0 Å². The first kappa shape index (κ1) is 7.70. The molecular weight excluding hydrogens is 169 g/mol. The number of carbonyl (C=O) groups is 2. The predicted molar refractivity (Wildman–Crippen MR) is 45.1 cm³/mol. The Bertz CT molecular complexity index is 429. The van der Waals surface area contributed by atoms with E-state index in [1.54, 1.807) is 0 Å². The van der Waals surface area contributed by atoms with Crippen LogP contribution in [-0.2, 0) is 9.59 Å². The van der Waals surface area contributed by atoms with Crippen molar-refractivity contribution in [2.24, 2.45) is 9.98 Å². The van der Waals surface area contributed by atoms with E-state index >= 15 is 0 Å². The number of hydrogen-bond donors (Lipinski definition) is 0. The van der Waals surface area contributed by atoms with Gasteiger partial charge in [0.15, 0.2) is 5.70 Å². The highest BCUT2D eigenvalue weighted by Gasteiger charge is 2.34. The number of nitrogens with zero attached hydrogens (tertiary/aromatic N) is 3. The number of hydrogen-bond acceptors (Lipinski definition) is 4. The van der Waals surface area contributed by atoms with Gasteiger partial charge in [0.05, 0.1) is 11.8 Å². The van der Waals surface area contributed by atoms with Crippen molar-refractivity contribution in [1.29, 1.82) is 0 Å². The van der Waals surface area contributed by atoms with Gasteiger partial charge in [0, 0.05) is 12.1 Å². The molecule has 0 unspecified atom stereocenters. The predicted octanol–water partition coefficient (Wildman–Crippen LogP) is -1.04. The van der Waals surface area contributed by atoms with Crippen molar-refractivity contribution in [3.63, 3.8) is 0 Å². The van der Waals surface area contributed by atoms with Gasteiger partial charge in [0.2, 0.25) is 7.98 Å². The van der Waals surface area contributed by atoms with Gasteiger partial charge in [-0.05, 0) is 0 Å². The van der Waals surface area contributed by atoms with Gasteiger partial charge in [-0.3, -0.25) is 14.6 Å². The Morgan fingerprint density at radius 2 is 2.15 bits per heavy atom. The summed E-state index contributed by atoms with van der Waals surface area (Å²) in [4.78, 5) is 30.2. The molecule has 2 radical (unpaired) electrons. The van der Waals surface area contributed by atoms with Gasteiger partial charge in [0.25, 0.3) is 11.8 Å². The minimum atomic E-state index is -0.630. The number of aliphatic imine (C=N–C) groups is 2. The Hall–Kier alpha value is -1.94. The van der Waals surface area contributed by atoms with Crippen LogP contribution in [0.15, 0.2) is 27.5 Å². The second-order valence-corrected chi connectivity index (χ2v) is 2.39. The normalized spacial score (nSPS) is 19.8. The van der Waals surface area contributed by atoms with Gasteiger partial charge in [-0.15, -0.1) is 0 Å². The van der Waals surface area contributed by atoms with Crippen LogP contribution >= 0.6 is 0 Å². The first-order valence-corrected chi connectivity index (χ1v) is 3.40. The van der Waals surface area contributed by atoms with E-state index < -0.39 is 11.8 Å². The zero-order chi connectivity index (χ0) is 9.42. The van der Waals surface area contributed by atoms with E-state index in [0.29, 0.717) is 4.81 Å². The van der Waals surface area contributed by atoms with Gasteiger partial charge in [0.1, 0.15) is 0 Å². The molecule has 0 N–H and O–H groups in total. The maximum Gasteiger partial charge on any atom is 0.267 e. The second kappa shape index (κ2) is 2.53. The van der Waals surface area contributed by atoms with Crippen molar-refractivity contribution < 1.29 is 9.59 Å². The molecule has 0 saturated heterocycles. The van der Waals surface area contributed by atoms with Crippen molar-refractivity contribution in [3.8, 4) is 0 Å². The molecule has 0 fully saturated rings. The zero-order valence-corrected chi connectivity index (χ0v) is 6.39. The quantitative estimate of drug-likeness (QED) is 0.345. The fourth-order valence-corrected chi connectivity index (χ4v) is 1.02. The number of rotatable bonds is 0.